The Morgan fingerprint density at radius 3 is 2.83 bits per heavy atom. The van der Waals surface area contributed by atoms with Crippen LogP contribution >= 0.6 is 0 Å². The molecule has 1 fully saturated rings. The number of aliphatic hydroxyl groups is 1. The van der Waals surface area contributed by atoms with Crippen molar-refractivity contribution in [3.05, 3.63) is 42.5 Å². The number of aliphatic hydroxyl groups excluding tert-OH is 1. The van der Waals surface area contributed by atoms with Crippen LogP contribution in [0.1, 0.15) is 25.3 Å². The van der Waals surface area contributed by atoms with Crippen LogP contribution in [-0.2, 0) is 6.54 Å². The lowest BCUT2D eigenvalue weighted by atomic mass is 10.1. The molecule has 0 saturated heterocycles. The van der Waals surface area contributed by atoms with Crippen molar-refractivity contribution >= 4 is 5.96 Å². The fourth-order valence-corrected chi connectivity index (χ4v) is 2.27. The molecule has 0 amide bonds. The molecule has 0 aliphatic heterocycles. The molecule has 2 rings (SSSR count). The van der Waals surface area contributed by atoms with Crippen molar-refractivity contribution in [2.75, 3.05) is 26.3 Å². The maximum atomic E-state index is 9.40. The highest BCUT2D eigenvalue weighted by atomic mass is 16.5. The quantitative estimate of drug-likeness (QED) is 0.371. The molecule has 1 aliphatic rings. The predicted octanol–water partition coefficient (Wildman–Crippen LogP) is 2.08. The SMILES string of the molecule is C=CCOc1ccccc1CN=C(NCC)NCC1(CO)CC1. The van der Waals surface area contributed by atoms with Crippen LogP contribution in [-0.4, -0.2) is 37.4 Å². The van der Waals surface area contributed by atoms with Gasteiger partial charge in [-0.2, -0.15) is 0 Å². The van der Waals surface area contributed by atoms with E-state index in [2.05, 4.69) is 22.2 Å². The maximum absolute atomic E-state index is 9.40. The number of benzene rings is 1. The van der Waals surface area contributed by atoms with Crippen molar-refractivity contribution in [2.24, 2.45) is 10.4 Å². The Morgan fingerprint density at radius 1 is 1.39 bits per heavy atom. The Morgan fingerprint density at radius 2 is 2.17 bits per heavy atom. The van der Waals surface area contributed by atoms with E-state index in [4.69, 9.17) is 4.74 Å². The van der Waals surface area contributed by atoms with Crippen molar-refractivity contribution in [1.82, 2.24) is 10.6 Å². The summed E-state index contributed by atoms with van der Waals surface area (Å²) >= 11 is 0. The van der Waals surface area contributed by atoms with Crippen LogP contribution in [0, 0.1) is 5.41 Å². The van der Waals surface area contributed by atoms with Gasteiger partial charge in [-0.05, 0) is 25.8 Å². The number of guanidine groups is 1. The third-order valence-electron chi connectivity index (χ3n) is 4.00. The number of hydrogen-bond donors (Lipinski definition) is 3. The molecule has 1 aromatic carbocycles. The van der Waals surface area contributed by atoms with Crippen molar-refractivity contribution in [3.63, 3.8) is 0 Å². The lowest BCUT2D eigenvalue weighted by molar-refractivity contribution is 0.212. The van der Waals surface area contributed by atoms with Crippen molar-refractivity contribution < 1.29 is 9.84 Å². The van der Waals surface area contributed by atoms with Crippen LogP contribution < -0.4 is 15.4 Å². The molecule has 0 radical (unpaired) electrons. The van der Waals surface area contributed by atoms with Gasteiger partial charge >= 0.3 is 0 Å². The summed E-state index contributed by atoms with van der Waals surface area (Å²) in [4.78, 5) is 4.62. The van der Waals surface area contributed by atoms with Gasteiger partial charge in [0.05, 0.1) is 13.2 Å². The van der Waals surface area contributed by atoms with Crippen LogP contribution in [0.3, 0.4) is 0 Å². The molecule has 0 heterocycles. The Labute approximate surface area is 138 Å². The van der Waals surface area contributed by atoms with Crippen LogP contribution in [0.15, 0.2) is 41.9 Å². The summed E-state index contributed by atoms with van der Waals surface area (Å²) in [5.41, 5.74) is 1.09. The number of rotatable bonds is 9. The van der Waals surface area contributed by atoms with Crippen molar-refractivity contribution in [2.45, 2.75) is 26.3 Å². The summed E-state index contributed by atoms with van der Waals surface area (Å²) in [6.07, 6.45) is 3.89. The first-order valence-corrected chi connectivity index (χ1v) is 8.17. The Hall–Kier alpha value is -2.01. The summed E-state index contributed by atoms with van der Waals surface area (Å²) in [6.45, 7) is 8.52. The second-order valence-corrected chi connectivity index (χ2v) is 5.91. The van der Waals surface area contributed by atoms with Gasteiger partial charge in [0, 0.05) is 24.1 Å². The Kier molecular flexibility index (Phi) is 6.47. The Bertz CT molecular complexity index is 539. The van der Waals surface area contributed by atoms with E-state index in [0.717, 1.165) is 43.2 Å². The number of hydrogen-bond acceptors (Lipinski definition) is 3. The normalized spacial score (nSPS) is 15.8. The third kappa shape index (κ3) is 5.28. The van der Waals surface area contributed by atoms with Gasteiger partial charge < -0.3 is 20.5 Å². The zero-order valence-corrected chi connectivity index (χ0v) is 13.8. The van der Waals surface area contributed by atoms with Gasteiger partial charge in [-0.1, -0.05) is 30.9 Å². The van der Waals surface area contributed by atoms with Crippen LogP contribution in [0.2, 0.25) is 0 Å². The average Bonchev–Trinajstić information content (AvgIpc) is 3.37. The minimum Gasteiger partial charge on any atom is -0.489 e. The second-order valence-electron chi connectivity index (χ2n) is 5.91. The monoisotopic (exact) mass is 317 g/mol. The predicted molar refractivity (Wildman–Crippen MR) is 93.7 cm³/mol. The van der Waals surface area contributed by atoms with E-state index in [1.807, 2.05) is 31.2 Å². The fraction of sp³-hybridized carbons (Fsp3) is 0.500. The van der Waals surface area contributed by atoms with Gasteiger partial charge in [0.1, 0.15) is 12.4 Å². The number of aliphatic imine (C=N–C) groups is 1. The lowest BCUT2D eigenvalue weighted by Gasteiger charge is -2.16. The van der Waals surface area contributed by atoms with E-state index in [0.29, 0.717) is 13.2 Å². The molecule has 1 aliphatic carbocycles. The summed E-state index contributed by atoms with van der Waals surface area (Å²) in [7, 11) is 0. The molecule has 0 spiro atoms. The summed E-state index contributed by atoms with van der Waals surface area (Å²) in [5.74, 6) is 1.60. The topological polar surface area (TPSA) is 65.9 Å². The molecule has 1 aromatic rings. The van der Waals surface area contributed by atoms with Crippen LogP contribution in [0.25, 0.3) is 0 Å². The third-order valence-corrected chi connectivity index (χ3v) is 4.00. The molecule has 3 N–H and O–H groups in total. The smallest absolute Gasteiger partial charge is 0.191 e. The van der Waals surface area contributed by atoms with Crippen LogP contribution in [0.5, 0.6) is 5.75 Å². The van der Waals surface area contributed by atoms with E-state index in [9.17, 15) is 5.11 Å². The summed E-state index contributed by atoms with van der Waals surface area (Å²) in [5, 5.41) is 16.0. The fourth-order valence-electron chi connectivity index (χ4n) is 2.27. The van der Waals surface area contributed by atoms with E-state index in [1.54, 1.807) is 6.08 Å². The van der Waals surface area contributed by atoms with E-state index < -0.39 is 0 Å². The van der Waals surface area contributed by atoms with E-state index >= 15 is 0 Å². The molecule has 1 saturated carbocycles. The van der Waals surface area contributed by atoms with Crippen molar-refractivity contribution in [1.29, 1.82) is 0 Å². The largest absolute Gasteiger partial charge is 0.489 e. The molecule has 0 unspecified atom stereocenters. The first-order chi connectivity index (χ1) is 11.2. The van der Waals surface area contributed by atoms with Gasteiger partial charge in [0.2, 0.25) is 0 Å². The number of para-hydroxylation sites is 1. The molecule has 0 atom stereocenters. The zero-order chi connectivity index (χ0) is 16.5. The van der Waals surface area contributed by atoms with Gasteiger partial charge in [0.25, 0.3) is 0 Å². The molecular formula is C18H27N3O2. The van der Waals surface area contributed by atoms with E-state index in [-0.39, 0.29) is 12.0 Å². The zero-order valence-electron chi connectivity index (χ0n) is 13.8. The number of ether oxygens (including phenoxy) is 1. The Balaban J connectivity index is 1.98. The first kappa shape index (κ1) is 17.3. The summed E-state index contributed by atoms with van der Waals surface area (Å²) < 4.78 is 5.66. The highest BCUT2D eigenvalue weighted by Crippen LogP contribution is 2.44. The molecule has 0 bridgehead atoms. The molecule has 5 nitrogen and oxygen atoms in total. The van der Waals surface area contributed by atoms with E-state index in [1.165, 1.54) is 0 Å². The minimum atomic E-state index is 0.0567. The highest BCUT2D eigenvalue weighted by molar-refractivity contribution is 5.79. The molecule has 5 heteroatoms. The number of nitrogens with zero attached hydrogens (tertiary/aromatic N) is 1. The lowest BCUT2D eigenvalue weighted by Crippen LogP contribution is -2.41. The van der Waals surface area contributed by atoms with Gasteiger partial charge in [-0.25, -0.2) is 4.99 Å². The molecule has 126 valence electrons. The van der Waals surface area contributed by atoms with Crippen molar-refractivity contribution in [3.8, 4) is 5.75 Å². The van der Waals surface area contributed by atoms with Gasteiger partial charge in [-0.3, -0.25) is 0 Å². The molecule has 23 heavy (non-hydrogen) atoms. The van der Waals surface area contributed by atoms with Gasteiger partial charge in [0.15, 0.2) is 5.96 Å². The standard InChI is InChI=1S/C18H27N3O2/c1-3-11-23-16-8-6-5-7-15(16)12-20-17(19-4-2)21-13-18(14-22)9-10-18/h3,5-8,22H,1,4,9-14H2,2H3,(H2,19,20,21). The summed E-state index contributed by atoms with van der Waals surface area (Å²) in [6, 6.07) is 7.89. The van der Waals surface area contributed by atoms with Crippen LogP contribution in [0.4, 0.5) is 0 Å². The molecule has 0 aromatic heterocycles. The number of nitrogens with one attached hydrogen (secondary N) is 2. The van der Waals surface area contributed by atoms with Gasteiger partial charge in [-0.15, -0.1) is 0 Å². The minimum absolute atomic E-state index is 0.0567. The first-order valence-electron chi connectivity index (χ1n) is 8.17. The highest BCUT2D eigenvalue weighted by Gasteiger charge is 2.41. The molecular weight excluding hydrogens is 290 g/mol. The average molecular weight is 317 g/mol. The maximum Gasteiger partial charge on any atom is 0.191 e. The second kappa shape index (κ2) is 8.58.